The van der Waals surface area contributed by atoms with Crippen molar-refractivity contribution in [1.82, 2.24) is 0 Å². The van der Waals surface area contributed by atoms with Crippen molar-refractivity contribution in [2.75, 3.05) is 0 Å². The van der Waals surface area contributed by atoms with Gasteiger partial charge in [-0.15, -0.1) is 0 Å². The molecule has 0 saturated heterocycles. The summed E-state index contributed by atoms with van der Waals surface area (Å²) in [5.41, 5.74) is 10.3. The second-order valence-electron chi connectivity index (χ2n) is 13.1. The SMILES string of the molecule is C=C/C=C\CC1(c2ccc(C(C)=NC(=NC(=C)c3ccccc3)c3ccccc3)cc2)c2ccccc2-c2c1c1ccccc1/c(=C/C=C\C)c2=C. The molecule has 0 aromatic heterocycles. The number of benzene rings is 6. The van der Waals surface area contributed by atoms with Crippen molar-refractivity contribution < 1.29 is 0 Å². The van der Waals surface area contributed by atoms with Gasteiger partial charge >= 0.3 is 0 Å². The van der Waals surface area contributed by atoms with E-state index in [-0.39, 0.29) is 0 Å². The van der Waals surface area contributed by atoms with Gasteiger partial charge in [-0.1, -0.05) is 190 Å². The molecular formula is C50H42N2. The number of fused-ring (bicyclic) bond motifs is 5. The standard InChI is InChI=1S/C50H42N2/c1-6-8-20-34-50(46-29-19-18-28-45(46)47-35(3)42(25-9-7-2)43-26-16-17-27-44(43)48(47)50)41-32-30-39(31-33-41)37(5)52-49(40-23-14-11-15-24-40)51-36(4)38-21-12-10-13-22-38/h6-33H,1,3-4,34H2,2,5H3/b9-7-,20-8-,42-25+,51-49?,52-37?. The van der Waals surface area contributed by atoms with Crippen LogP contribution in [0, 0.1) is 0 Å². The van der Waals surface area contributed by atoms with Crippen LogP contribution in [0.5, 0.6) is 0 Å². The second-order valence-corrected chi connectivity index (χ2v) is 13.1. The average Bonchev–Trinajstić information content (AvgIpc) is 3.50. The molecule has 0 heterocycles. The molecule has 0 fully saturated rings. The van der Waals surface area contributed by atoms with E-state index in [0.717, 1.165) is 39.3 Å². The Bertz CT molecular complexity index is 2530. The molecule has 0 bridgehead atoms. The lowest BCUT2D eigenvalue weighted by molar-refractivity contribution is 0.650. The molecule has 1 atom stereocenters. The molecule has 0 aliphatic heterocycles. The molecule has 0 radical (unpaired) electrons. The van der Waals surface area contributed by atoms with E-state index < -0.39 is 5.41 Å². The highest BCUT2D eigenvalue weighted by Crippen LogP contribution is 2.55. The van der Waals surface area contributed by atoms with E-state index in [1.807, 2.05) is 80.6 Å². The van der Waals surface area contributed by atoms with Gasteiger partial charge < -0.3 is 0 Å². The maximum atomic E-state index is 5.11. The third-order valence-electron chi connectivity index (χ3n) is 10.0. The van der Waals surface area contributed by atoms with Crippen molar-refractivity contribution in [2.24, 2.45) is 9.98 Å². The smallest absolute Gasteiger partial charge is 0.160 e. The van der Waals surface area contributed by atoms with Crippen molar-refractivity contribution in [1.29, 1.82) is 0 Å². The minimum Gasteiger partial charge on any atom is -0.233 e. The molecule has 1 unspecified atom stereocenters. The molecule has 1 aliphatic rings. The fourth-order valence-corrected chi connectivity index (χ4v) is 7.60. The van der Waals surface area contributed by atoms with Gasteiger partial charge in [0.2, 0.25) is 0 Å². The van der Waals surface area contributed by atoms with Gasteiger partial charge in [0.25, 0.3) is 0 Å². The minimum atomic E-state index is -0.454. The predicted molar refractivity (Wildman–Crippen MR) is 224 cm³/mol. The van der Waals surface area contributed by atoms with Gasteiger partial charge in [-0.05, 0) is 80.4 Å². The highest BCUT2D eigenvalue weighted by Gasteiger charge is 2.45. The van der Waals surface area contributed by atoms with E-state index in [4.69, 9.17) is 16.6 Å². The summed E-state index contributed by atoms with van der Waals surface area (Å²) in [4.78, 5) is 10.0. The number of aliphatic imine (C=N–C) groups is 2. The Balaban J connectivity index is 1.41. The van der Waals surface area contributed by atoms with Crippen LogP contribution < -0.4 is 10.4 Å². The van der Waals surface area contributed by atoms with Gasteiger partial charge in [0.15, 0.2) is 5.84 Å². The van der Waals surface area contributed by atoms with E-state index >= 15 is 0 Å². The van der Waals surface area contributed by atoms with Gasteiger partial charge in [-0.2, -0.15) is 0 Å². The molecule has 6 aromatic carbocycles. The van der Waals surface area contributed by atoms with Gasteiger partial charge in [0.05, 0.1) is 11.1 Å². The Morgan fingerprint density at radius 3 is 2.02 bits per heavy atom. The van der Waals surface area contributed by atoms with Crippen LogP contribution in [-0.4, -0.2) is 11.5 Å². The molecule has 2 heteroatoms. The second kappa shape index (κ2) is 14.8. The van der Waals surface area contributed by atoms with Crippen LogP contribution in [0.4, 0.5) is 0 Å². The monoisotopic (exact) mass is 670 g/mol. The summed E-state index contributed by atoms with van der Waals surface area (Å²) in [6.07, 6.45) is 13.3. The molecule has 2 nitrogen and oxygen atoms in total. The van der Waals surface area contributed by atoms with E-state index in [1.54, 1.807) is 0 Å². The molecule has 252 valence electrons. The third kappa shape index (κ3) is 6.14. The van der Waals surface area contributed by atoms with Crippen LogP contribution in [0.1, 0.15) is 53.6 Å². The van der Waals surface area contributed by atoms with Gasteiger partial charge in [-0.3, -0.25) is 0 Å². The van der Waals surface area contributed by atoms with Gasteiger partial charge in [-0.25, -0.2) is 9.98 Å². The Kier molecular flexibility index (Phi) is 9.73. The fraction of sp³-hybridized carbons (Fsp3) is 0.0800. The molecule has 6 aromatic rings. The molecule has 0 amide bonds. The maximum Gasteiger partial charge on any atom is 0.160 e. The van der Waals surface area contributed by atoms with Crippen molar-refractivity contribution in [3.63, 3.8) is 0 Å². The van der Waals surface area contributed by atoms with Crippen molar-refractivity contribution >= 4 is 40.7 Å². The highest BCUT2D eigenvalue weighted by atomic mass is 14.9. The quantitative estimate of drug-likeness (QED) is 0.0831. The lowest BCUT2D eigenvalue weighted by atomic mass is 9.68. The van der Waals surface area contributed by atoms with Crippen LogP contribution in [0.15, 0.2) is 187 Å². The summed E-state index contributed by atoms with van der Waals surface area (Å²) in [7, 11) is 0. The molecule has 0 N–H and O–H groups in total. The summed E-state index contributed by atoms with van der Waals surface area (Å²) < 4.78 is 0. The lowest BCUT2D eigenvalue weighted by Gasteiger charge is -2.33. The first kappa shape index (κ1) is 34.1. The minimum absolute atomic E-state index is 0.454. The van der Waals surface area contributed by atoms with Crippen LogP contribution in [-0.2, 0) is 5.41 Å². The summed E-state index contributed by atoms with van der Waals surface area (Å²) in [5.74, 6) is 0.626. The molecule has 52 heavy (non-hydrogen) atoms. The lowest BCUT2D eigenvalue weighted by Crippen LogP contribution is -2.31. The van der Waals surface area contributed by atoms with E-state index in [0.29, 0.717) is 11.5 Å². The zero-order valence-corrected chi connectivity index (χ0v) is 29.9. The van der Waals surface area contributed by atoms with E-state index in [2.05, 4.69) is 116 Å². The van der Waals surface area contributed by atoms with Gasteiger partial charge in [0, 0.05) is 11.3 Å². The Morgan fingerprint density at radius 1 is 0.692 bits per heavy atom. The third-order valence-corrected chi connectivity index (χ3v) is 10.0. The topological polar surface area (TPSA) is 24.7 Å². The van der Waals surface area contributed by atoms with Crippen molar-refractivity contribution in [3.8, 4) is 11.1 Å². The molecule has 7 rings (SSSR count). The number of hydrogen-bond acceptors (Lipinski definition) is 1. The van der Waals surface area contributed by atoms with E-state index in [9.17, 15) is 0 Å². The number of amidine groups is 1. The number of rotatable bonds is 9. The Morgan fingerprint density at radius 2 is 1.33 bits per heavy atom. The van der Waals surface area contributed by atoms with Gasteiger partial charge in [0.1, 0.15) is 0 Å². The number of hydrogen-bond donors (Lipinski definition) is 0. The van der Waals surface area contributed by atoms with Crippen LogP contribution in [0.25, 0.3) is 40.3 Å². The summed E-state index contributed by atoms with van der Waals surface area (Å²) in [6, 6.07) is 46.7. The first-order valence-electron chi connectivity index (χ1n) is 17.8. The first-order valence-corrected chi connectivity index (χ1v) is 17.8. The normalized spacial score (nSPS) is 16.1. The zero-order valence-electron chi connectivity index (χ0n) is 29.9. The summed E-state index contributed by atoms with van der Waals surface area (Å²) in [5, 5.41) is 4.66. The largest absolute Gasteiger partial charge is 0.233 e. The van der Waals surface area contributed by atoms with Crippen molar-refractivity contribution in [3.05, 3.63) is 221 Å². The van der Waals surface area contributed by atoms with Crippen molar-refractivity contribution in [2.45, 2.75) is 25.7 Å². The molecule has 0 saturated carbocycles. The first-order chi connectivity index (χ1) is 25.5. The van der Waals surface area contributed by atoms with Crippen LogP contribution in [0.3, 0.4) is 0 Å². The van der Waals surface area contributed by atoms with Crippen LogP contribution in [0.2, 0.25) is 0 Å². The highest BCUT2D eigenvalue weighted by molar-refractivity contribution is 6.12. The van der Waals surface area contributed by atoms with Crippen LogP contribution >= 0.6 is 0 Å². The number of allylic oxidation sites excluding steroid dienone is 5. The molecular weight excluding hydrogens is 629 g/mol. The number of nitrogens with zero attached hydrogens (tertiary/aromatic N) is 2. The molecule has 0 spiro atoms. The van der Waals surface area contributed by atoms with E-state index in [1.165, 1.54) is 38.6 Å². The zero-order chi connectivity index (χ0) is 36.1. The average molecular weight is 671 g/mol. The Labute approximate surface area is 307 Å². The maximum absolute atomic E-state index is 5.11. The predicted octanol–water partition coefficient (Wildman–Crippen LogP) is 11.0. The summed E-state index contributed by atoms with van der Waals surface area (Å²) in [6.45, 7) is 17.1. The molecule has 1 aliphatic carbocycles. The fourth-order valence-electron chi connectivity index (χ4n) is 7.60. The summed E-state index contributed by atoms with van der Waals surface area (Å²) >= 11 is 0. The Hall–Kier alpha value is -6.38.